The van der Waals surface area contributed by atoms with Crippen LogP contribution in [-0.2, 0) is 4.74 Å². The molecule has 0 saturated carbocycles. The maximum Gasteiger partial charge on any atom is 0.224 e. The first-order chi connectivity index (χ1) is 8.66. The lowest BCUT2D eigenvalue weighted by Crippen LogP contribution is -2.37. The lowest BCUT2D eigenvalue weighted by molar-refractivity contribution is 0.0381. The molecule has 1 aliphatic rings. The molecule has 1 unspecified atom stereocenters. The van der Waals surface area contributed by atoms with E-state index in [-0.39, 0.29) is 5.95 Å². The van der Waals surface area contributed by atoms with Crippen LogP contribution in [-0.4, -0.2) is 50.6 Å². The molecule has 0 spiro atoms. The Kier molecular flexibility index (Phi) is 2.53. The predicted octanol–water partition coefficient (Wildman–Crippen LogP) is -0.502. The summed E-state index contributed by atoms with van der Waals surface area (Å²) in [6.07, 6.45) is 2.22. The molecule has 3 rings (SSSR count). The Bertz CT molecular complexity index is 562. The van der Waals surface area contributed by atoms with E-state index in [9.17, 15) is 5.11 Å². The minimum Gasteiger partial charge on any atom is -0.386 e. The molecule has 1 atom stereocenters. The number of aromatic amines is 1. The molecule has 96 valence electrons. The molecule has 8 nitrogen and oxygen atoms in total. The maximum absolute atomic E-state index is 10.2. The molecule has 0 radical (unpaired) electrons. The second-order valence-corrected chi connectivity index (χ2v) is 4.44. The highest BCUT2D eigenvalue weighted by molar-refractivity contribution is 5.86. The number of anilines is 2. The molecule has 8 heteroatoms. The third kappa shape index (κ3) is 1.95. The predicted molar refractivity (Wildman–Crippen MR) is 65.0 cm³/mol. The van der Waals surface area contributed by atoms with Crippen molar-refractivity contribution in [3.05, 3.63) is 6.20 Å². The zero-order valence-electron chi connectivity index (χ0n) is 9.68. The van der Waals surface area contributed by atoms with E-state index in [1.807, 2.05) is 0 Å². The zero-order chi connectivity index (χ0) is 12.6. The van der Waals surface area contributed by atoms with Gasteiger partial charge >= 0.3 is 0 Å². The van der Waals surface area contributed by atoms with Gasteiger partial charge in [-0.25, -0.2) is 0 Å². The van der Waals surface area contributed by atoms with E-state index in [0.29, 0.717) is 37.6 Å². The number of nitrogen functional groups attached to an aromatic ring is 1. The molecule has 1 saturated heterocycles. The van der Waals surface area contributed by atoms with E-state index in [4.69, 9.17) is 10.5 Å². The fraction of sp³-hybridized carbons (Fsp3) is 0.500. The number of aliphatic hydroxyl groups is 1. The van der Waals surface area contributed by atoms with Gasteiger partial charge in [0.2, 0.25) is 5.95 Å². The second kappa shape index (κ2) is 4.07. The molecule has 18 heavy (non-hydrogen) atoms. The Labute approximate surface area is 103 Å². The highest BCUT2D eigenvalue weighted by atomic mass is 16.5. The van der Waals surface area contributed by atoms with Gasteiger partial charge in [0.1, 0.15) is 11.4 Å². The summed E-state index contributed by atoms with van der Waals surface area (Å²) in [4.78, 5) is 8.12. The van der Waals surface area contributed by atoms with Gasteiger partial charge < -0.3 is 20.9 Å². The number of aromatic nitrogens is 4. The monoisotopic (exact) mass is 250 g/mol. The number of ether oxygens (including phenoxy) is 1. The number of rotatable bonds is 3. The van der Waals surface area contributed by atoms with Crippen LogP contribution >= 0.6 is 0 Å². The first-order valence-electron chi connectivity index (χ1n) is 5.67. The lowest BCUT2D eigenvalue weighted by atomic mass is 10.0. The van der Waals surface area contributed by atoms with Crippen LogP contribution < -0.4 is 11.1 Å². The normalized spacial score (nSPS) is 23.6. The molecular formula is C10H14N6O2. The fourth-order valence-corrected chi connectivity index (χ4v) is 1.97. The van der Waals surface area contributed by atoms with Gasteiger partial charge in [0.25, 0.3) is 0 Å². The highest BCUT2D eigenvalue weighted by Gasteiger charge is 2.32. The highest BCUT2D eigenvalue weighted by Crippen LogP contribution is 2.22. The third-order valence-electron chi connectivity index (χ3n) is 2.99. The van der Waals surface area contributed by atoms with Crippen LogP contribution in [0.25, 0.3) is 11.0 Å². The number of hydrogen-bond donors (Lipinski definition) is 4. The minimum atomic E-state index is -0.851. The topological polar surface area (TPSA) is 122 Å². The van der Waals surface area contributed by atoms with Crippen molar-refractivity contribution in [2.75, 3.05) is 30.8 Å². The molecule has 3 heterocycles. The third-order valence-corrected chi connectivity index (χ3v) is 2.99. The molecule has 0 amide bonds. The summed E-state index contributed by atoms with van der Waals surface area (Å²) in [6, 6.07) is 0. The lowest BCUT2D eigenvalue weighted by Gasteiger charge is -2.21. The van der Waals surface area contributed by atoms with Crippen molar-refractivity contribution < 1.29 is 9.84 Å². The maximum atomic E-state index is 10.2. The molecule has 1 aliphatic heterocycles. The zero-order valence-corrected chi connectivity index (χ0v) is 9.68. The standard InChI is InChI=1S/C10H14N6O2/c11-9-14-7(6-3-13-16-8(6)15-9)12-4-10(17)1-2-18-5-10/h3,17H,1-2,4-5H2,(H4,11,12,13,14,15,16). The first-order valence-corrected chi connectivity index (χ1v) is 5.67. The fourth-order valence-electron chi connectivity index (χ4n) is 1.97. The van der Waals surface area contributed by atoms with Gasteiger partial charge in [0.05, 0.1) is 18.2 Å². The van der Waals surface area contributed by atoms with Crippen molar-refractivity contribution in [1.29, 1.82) is 0 Å². The average Bonchev–Trinajstić information content (AvgIpc) is 2.95. The van der Waals surface area contributed by atoms with Crippen molar-refractivity contribution in [2.24, 2.45) is 0 Å². The van der Waals surface area contributed by atoms with Gasteiger partial charge in [0.15, 0.2) is 5.65 Å². The second-order valence-electron chi connectivity index (χ2n) is 4.44. The van der Waals surface area contributed by atoms with Crippen LogP contribution in [0.4, 0.5) is 11.8 Å². The summed E-state index contributed by atoms with van der Waals surface area (Å²) in [5, 5.41) is 20.6. The van der Waals surface area contributed by atoms with Crippen LogP contribution in [0, 0.1) is 0 Å². The largest absolute Gasteiger partial charge is 0.386 e. The Morgan fingerprint density at radius 3 is 3.22 bits per heavy atom. The molecule has 5 N–H and O–H groups in total. The summed E-state index contributed by atoms with van der Waals surface area (Å²) in [7, 11) is 0. The van der Waals surface area contributed by atoms with Gasteiger partial charge in [0, 0.05) is 19.6 Å². The number of fused-ring (bicyclic) bond motifs is 1. The number of H-pyrrole nitrogens is 1. The summed E-state index contributed by atoms with van der Waals surface area (Å²) in [5.41, 5.74) is 5.32. The number of hydrogen-bond acceptors (Lipinski definition) is 7. The van der Waals surface area contributed by atoms with Gasteiger partial charge in [-0.2, -0.15) is 15.1 Å². The van der Waals surface area contributed by atoms with E-state index < -0.39 is 5.60 Å². The number of nitrogens with zero attached hydrogens (tertiary/aromatic N) is 3. The molecule has 2 aromatic heterocycles. The summed E-state index contributed by atoms with van der Waals surface area (Å²) in [5.74, 6) is 0.718. The summed E-state index contributed by atoms with van der Waals surface area (Å²) < 4.78 is 5.18. The van der Waals surface area contributed by atoms with E-state index in [1.165, 1.54) is 0 Å². The van der Waals surface area contributed by atoms with Gasteiger partial charge in [-0.1, -0.05) is 0 Å². The van der Waals surface area contributed by atoms with E-state index in [1.54, 1.807) is 6.20 Å². The molecule has 1 fully saturated rings. The van der Waals surface area contributed by atoms with E-state index in [2.05, 4.69) is 25.5 Å². The number of nitrogens with two attached hydrogens (primary N) is 1. The summed E-state index contributed by atoms with van der Waals surface area (Å²) >= 11 is 0. The van der Waals surface area contributed by atoms with Crippen molar-refractivity contribution in [3.63, 3.8) is 0 Å². The van der Waals surface area contributed by atoms with E-state index in [0.717, 1.165) is 5.39 Å². The van der Waals surface area contributed by atoms with Crippen LogP contribution in [0.1, 0.15) is 6.42 Å². The van der Waals surface area contributed by atoms with Gasteiger partial charge in [-0.05, 0) is 0 Å². The van der Waals surface area contributed by atoms with Crippen LogP contribution in [0.5, 0.6) is 0 Å². The molecule has 2 aromatic rings. The Morgan fingerprint density at radius 1 is 1.56 bits per heavy atom. The SMILES string of the molecule is Nc1nc(NCC2(O)CCOC2)c2cn[nH]c2n1. The van der Waals surface area contributed by atoms with Gasteiger partial charge in [-0.3, -0.25) is 5.10 Å². The van der Waals surface area contributed by atoms with Crippen molar-refractivity contribution >= 4 is 22.8 Å². The van der Waals surface area contributed by atoms with Crippen LogP contribution in [0.15, 0.2) is 6.20 Å². The van der Waals surface area contributed by atoms with Crippen molar-refractivity contribution in [3.8, 4) is 0 Å². The van der Waals surface area contributed by atoms with Crippen molar-refractivity contribution in [2.45, 2.75) is 12.0 Å². The van der Waals surface area contributed by atoms with Crippen LogP contribution in [0.2, 0.25) is 0 Å². The number of nitrogens with one attached hydrogen (secondary N) is 2. The van der Waals surface area contributed by atoms with Gasteiger partial charge in [-0.15, -0.1) is 0 Å². The minimum absolute atomic E-state index is 0.156. The summed E-state index contributed by atoms with van der Waals surface area (Å²) in [6.45, 7) is 1.25. The molecule has 0 aliphatic carbocycles. The Morgan fingerprint density at radius 2 is 2.44 bits per heavy atom. The Hall–Kier alpha value is -1.93. The van der Waals surface area contributed by atoms with Crippen LogP contribution in [0.3, 0.4) is 0 Å². The average molecular weight is 250 g/mol. The quantitative estimate of drug-likeness (QED) is 0.579. The van der Waals surface area contributed by atoms with Crippen molar-refractivity contribution in [1.82, 2.24) is 20.2 Å². The molecule has 0 aromatic carbocycles. The molecule has 0 bridgehead atoms. The smallest absolute Gasteiger partial charge is 0.224 e. The Balaban J connectivity index is 1.83. The molecular weight excluding hydrogens is 236 g/mol. The van der Waals surface area contributed by atoms with E-state index >= 15 is 0 Å². The first kappa shape index (κ1) is 11.2.